The highest BCUT2D eigenvalue weighted by atomic mass is 35.5. The first kappa shape index (κ1) is 13.8. The van der Waals surface area contributed by atoms with Gasteiger partial charge < -0.3 is 10.1 Å². The van der Waals surface area contributed by atoms with E-state index >= 15 is 0 Å². The van der Waals surface area contributed by atoms with Gasteiger partial charge in [0.15, 0.2) is 11.6 Å². The lowest BCUT2D eigenvalue weighted by atomic mass is 10.1. The summed E-state index contributed by atoms with van der Waals surface area (Å²) in [6, 6.07) is 10.2. The van der Waals surface area contributed by atoms with Gasteiger partial charge in [0, 0.05) is 17.1 Å². The molecule has 0 radical (unpaired) electrons. The molecule has 0 saturated carbocycles. The van der Waals surface area contributed by atoms with Crippen LogP contribution in [0.25, 0.3) is 0 Å². The largest absolute Gasteiger partial charge is 0.454 e. The number of halogens is 2. The fraction of sp³-hybridized carbons (Fsp3) is 0.200. The van der Waals surface area contributed by atoms with Gasteiger partial charge in [0.1, 0.15) is 5.75 Å². The Morgan fingerprint density at radius 1 is 1.16 bits per heavy atom. The lowest BCUT2D eigenvalue weighted by molar-refractivity contribution is 0.436. The Kier molecular flexibility index (Phi) is 4.40. The number of hydrogen-bond donors (Lipinski definition) is 1. The van der Waals surface area contributed by atoms with Crippen LogP contribution in [0.1, 0.15) is 11.1 Å². The summed E-state index contributed by atoms with van der Waals surface area (Å²) < 4.78 is 19.4. The van der Waals surface area contributed by atoms with Crippen molar-refractivity contribution in [2.75, 3.05) is 7.05 Å². The van der Waals surface area contributed by atoms with Crippen molar-refractivity contribution < 1.29 is 9.13 Å². The molecule has 0 aliphatic carbocycles. The maximum absolute atomic E-state index is 13.7. The van der Waals surface area contributed by atoms with E-state index in [2.05, 4.69) is 5.32 Å². The second-order valence-corrected chi connectivity index (χ2v) is 4.75. The minimum absolute atomic E-state index is 0.173. The lowest BCUT2D eigenvalue weighted by Crippen LogP contribution is -2.06. The second-order valence-electron chi connectivity index (χ2n) is 4.32. The number of hydrogen-bond acceptors (Lipinski definition) is 2. The van der Waals surface area contributed by atoms with Gasteiger partial charge in [-0.1, -0.05) is 23.7 Å². The van der Waals surface area contributed by atoms with Gasteiger partial charge >= 0.3 is 0 Å². The molecule has 2 aromatic carbocycles. The van der Waals surface area contributed by atoms with Crippen LogP contribution in [-0.4, -0.2) is 7.05 Å². The van der Waals surface area contributed by atoms with Crippen LogP contribution in [0.2, 0.25) is 5.02 Å². The third kappa shape index (κ3) is 3.46. The minimum atomic E-state index is -0.468. The lowest BCUT2D eigenvalue weighted by Gasteiger charge is -2.12. The molecule has 2 nitrogen and oxygen atoms in total. The van der Waals surface area contributed by atoms with Crippen LogP contribution < -0.4 is 10.1 Å². The van der Waals surface area contributed by atoms with Gasteiger partial charge in [-0.05, 0) is 43.8 Å². The number of rotatable bonds is 4. The summed E-state index contributed by atoms with van der Waals surface area (Å²) in [7, 11) is 1.85. The van der Waals surface area contributed by atoms with Gasteiger partial charge in [-0.3, -0.25) is 0 Å². The van der Waals surface area contributed by atoms with Crippen LogP contribution in [-0.2, 0) is 6.54 Å². The Hall–Kier alpha value is -1.58. The molecule has 0 fully saturated rings. The van der Waals surface area contributed by atoms with E-state index in [1.165, 1.54) is 12.1 Å². The molecule has 19 heavy (non-hydrogen) atoms. The van der Waals surface area contributed by atoms with Gasteiger partial charge in [-0.2, -0.15) is 0 Å². The van der Waals surface area contributed by atoms with Crippen molar-refractivity contribution in [3.05, 3.63) is 58.4 Å². The molecule has 0 aliphatic rings. The Bertz CT molecular complexity index is 586. The van der Waals surface area contributed by atoms with Crippen molar-refractivity contribution >= 4 is 11.6 Å². The number of aryl methyl sites for hydroxylation is 1. The topological polar surface area (TPSA) is 21.3 Å². The van der Waals surface area contributed by atoms with Gasteiger partial charge in [0.25, 0.3) is 0 Å². The van der Waals surface area contributed by atoms with Crippen LogP contribution in [0.5, 0.6) is 11.5 Å². The van der Waals surface area contributed by atoms with Crippen molar-refractivity contribution in [3.63, 3.8) is 0 Å². The van der Waals surface area contributed by atoms with Crippen LogP contribution in [0.3, 0.4) is 0 Å². The maximum Gasteiger partial charge on any atom is 0.167 e. The van der Waals surface area contributed by atoms with Crippen molar-refractivity contribution in [2.45, 2.75) is 13.5 Å². The summed E-state index contributed by atoms with van der Waals surface area (Å²) in [6.45, 7) is 2.62. The minimum Gasteiger partial charge on any atom is -0.454 e. The van der Waals surface area contributed by atoms with Crippen LogP contribution in [0.4, 0.5) is 4.39 Å². The molecular formula is C15H15ClFNO. The quantitative estimate of drug-likeness (QED) is 0.901. The molecule has 2 rings (SSSR count). The van der Waals surface area contributed by atoms with Gasteiger partial charge in [-0.25, -0.2) is 4.39 Å². The molecule has 100 valence electrons. The van der Waals surface area contributed by atoms with E-state index in [9.17, 15) is 4.39 Å². The van der Waals surface area contributed by atoms with Crippen LogP contribution in [0, 0.1) is 12.7 Å². The Morgan fingerprint density at radius 2 is 1.95 bits per heavy atom. The summed E-state index contributed by atoms with van der Waals surface area (Å²) in [6.07, 6.45) is 0. The normalized spacial score (nSPS) is 10.5. The van der Waals surface area contributed by atoms with Gasteiger partial charge in [-0.15, -0.1) is 0 Å². The maximum atomic E-state index is 13.7. The van der Waals surface area contributed by atoms with E-state index in [4.69, 9.17) is 16.3 Å². The Morgan fingerprint density at radius 3 is 2.63 bits per heavy atom. The van der Waals surface area contributed by atoms with Gasteiger partial charge in [0.2, 0.25) is 0 Å². The number of nitrogens with one attached hydrogen (secondary N) is 1. The molecular weight excluding hydrogens is 265 g/mol. The summed E-state index contributed by atoms with van der Waals surface area (Å²) in [5.41, 5.74) is 2.03. The predicted octanol–water partition coefficient (Wildman–Crippen LogP) is 4.30. The average Bonchev–Trinajstić information content (AvgIpc) is 2.36. The molecule has 0 aliphatic heterocycles. The van der Waals surface area contributed by atoms with E-state index in [1.54, 1.807) is 6.07 Å². The van der Waals surface area contributed by atoms with E-state index in [0.717, 1.165) is 11.1 Å². The van der Waals surface area contributed by atoms with Crippen molar-refractivity contribution in [3.8, 4) is 11.5 Å². The van der Waals surface area contributed by atoms with Crippen LogP contribution >= 0.6 is 11.6 Å². The standard InChI is InChI=1S/C15H15ClFNO/c1-10-3-4-11(9-18-2)15(7-10)19-14-6-5-12(16)8-13(14)17/h3-8,18H,9H2,1-2H3. The summed E-state index contributed by atoms with van der Waals surface area (Å²) in [4.78, 5) is 0. The molecule has 4 heteroatoms. The number of benzene rings is 2. The zero-order chi connectivity index (χ0) is 13.8. The zero-order valence-electron chi connectivity index (χ0n) is 10.8. The molecule has 2 aromatic rings. The highest BCUT2D eigenvalue weighted by Crippen LogP contribution is 2.29. The SMILES string of the molecule is CNCc1ccc(C)cc1Oc1ccc(Cl)cc1F. The molecule has 0 unspecified atom stereocenters. The highest BCUT2D eigenvalue weighted by molar-refractivity contribution is 6.30. The first-order chi connectivity index (χ1) is 9.10. The fourth-order valence-corrected chi connectivity index (χ4v) is 1.93. The summed E-state index contributed by atoms with van der Waals surface area (Å²) in [5.74, 6) is 0.354. The second kappa shape index (κ2) is 6.04. The third-order valence-electron chi connectivity index (χ3n) is 2.70. The highest BCUT2D eigenvalue weighted by Gasteiger charge is 2.09. The molecule has 1 N–H and O–H groups in total. The molecule has 0 bridgehead atoms. The first-order valence-electron chi connectivity index (χ1n) is 5.97. The average molecular weight is 280 g/mol. The number of ether oxygens (including phenoxy) is 1. The van der Waals surface area contributed by atoms with Crippen molar-refractivity contribution in [1.29, 1.82) is 0 Å². The Balaban J connectivity index is 2.33. The monoisotopic (exact) mass is 279 g/mol. The smallest absolute Gasteiger partial charge is 0.167 e. The molecule has 0 spiro atoms. The fourth-order valence-electron chi connectivity index (χ4n) is 1.77. The van der Waals surface area contributed by atoms with E-state index in [1.807, 2.05) is 32.2 Å². The van der Waals surface area contributed by atoms with Crippen LogP contribution in [0.15, 0.2) is 36.4 Å². The first-order valence-corrected chi connectivity index (χ1v) is 6.35. The van der Waals surface area contributed by atoms with Gasteiger partial charge in [0.05, 0.1) is 0 Å². The third-order valence-corrected chi connectivity index (χ3v) is 2.94. The molecule has 0 heterocycles. The molecule has 0 amide bonds. The predicted molar refractivity (Wildman–Crippen MR) is 75.4 cm³/mol. The van der Waals surface area contributed by atoms with E-state index in [-0.39, 0.29) is 5.75 Å². The molecule has 0 aromatic heterocycles. The summed E-state index contributed by atoms with van der Waals surface area (Å²) in [5, 5.41) is 3.41. The van der Waals surface area contributed by atoms with E-state index in [0.29, 0.717) is 17.3 Å². The Labute approximate surface area is 117 Å². The summed E-state index contributed by atoms with van der Waals surface area (Å²) >= 11 is 5.72. The van der Waals surface area contributed by atoms with Crippen molar-refractivity contribution in [2.24, 2.45) is 0 Å². The van der Waals surface area contributed by atoms with Crippen molar-refractivity contribution in [1.82, 2.24) is 5.32 Å². The zero-order valence-corrected chi connectivity index (χ0v) is 11.6. The molecule has 0 atom stereocenters. The molecule has 0 saturated heterocycles. The van der Waals surface area contributed by atoms with E-state index < -0.39 is 5.82 Å².